The van der Waals surface area contributed by atoms with Crippen molar-refractivity contribution < 1.29 is 24.6 Å². The van der Waals surface area contributed by atoms with Crippen LogP contribution in [-0.2, 0) is 9.63 Å². The Labute approximate surface area is 412 Å². The minimum absolute atomic E-state index is 0. The molecule has 0 saturated heterocycles. The number of aliphatic hydroxyl groups is 2. The Morgan fingerprint density at radius 3 is 1.54 bits per heavy atom. The fraction of sp³-hybridized carbons (Fsp3) is 0.750. The predicted molar refractivity (Wildman–Crippen MR) is 271 cm³/mol. The summed E-state index contributed by atoms with van der Waals surface area (Å²) in [6.07, 6.45) is 20.9. The van der Waals surface area contributed by atoms with Gasteiger partial charge in [-0.3, -0.25) is 14.4 Å². The van der Waals surface area contributed by atoms with E-state index in [-0.39, 0.29) is 43.4 Å². The van der Waals surface area contributed by atoms with Crippen LogP contribution in [-0.4, -0.2) is 52.3 Å². The first kappa shape index (κ1) is 52.9. The molecule has 0 aliphatic heterocycles. The normalized spacial score (nSPS) is 42.1. The number of carbonyl (C=O) groups excluding carboxylic acids is 2. The second-order valence-electron chi connectivity index (χ2n) is 23.0. The molecule has 8 fully saturated rings. The molecule has 0 aromatic heterocycles. The third kappa shape index (κ3) is 10.7. The zero-order valence-electron chi connectivity index (χ0n) is 39.0. The average molecular weight is 1000 g/mol. The molecule has 8 aliphatic rings. The molecule has 364 valence electrons. The number of fused-ring (bicyclic) bond motifs is 10. The Morgan fingerprint density at radius 2 is 1.08 bits per heavy atom. The van der Waals surface area contributed by atoms with Gasteiger partial charge in [-0.15, -0.1) is 0 Å². The minimum Gasteiger partial charge on any atom is -0.390 e. The zero-order chi connectivity index (χ0) is 45.1. The van der Waals surface area contributed by atoms with Crippen LogP contribution in [0.25, 0.3) is 0 Å². The van der Waals surface area contributed by atoms with Gasteiger partial charge in [-0.05, 0) is 230 Å². The van der Waals surface area contributed by atoms with Crippen molar-refractivity contribution in [2.75, 3.05) is 14.2 Å². The van der Waals surface area contributed by atoms with Crippen molar-refractivity contribution in [2.24, 2.45) is 81.8 Å². The van der Waals surface area contributed by atoms with Gasteiger partial charge < -0.3 is 10.2 Å². The van der Waals surface area contributed by atoms with Crippen LogP contribution in [0.15, 0.2) is 53.0 Å². The monoisotopic (exact) mass is 999 g/mol. The number of carbonyl (C=O) groups is 2. The first-order valence-corrected chi connectivity index (χ1v) is 26.4. The van der Waals surface area contributed by atoms with E-state index in [0.29, 0.717) is 22.6 Å². The molecule has 1 amide bonds. The lowest BCUT2D eigenvalue weighted by atomic mass is 9.49. The van der Waals surface area contributed by atoms with Gasteiger partial charge in [0.1, 0.15) is 0 Å². The Morgan fingerprint density at radius 1 is 0.615 bits per heavy atom. The van der Waals surface area contributed by atoms with E-state index in [9.17, 15) is 19.8 Å². The van der Waals surface area contributed by atoms with Crippen LogP contribution in [0.5, 0.6) is 0 Å². The minimum atomic E-state index is -0.445. The molecule has 10 rings (SSSR count). The summed E-state index contributed by atoms with van der Waals surface area (Å²) in [5.41, 5.74) is 0.210. The van der Waals surface area contributed by atoms with Gasteiger partial charge in [-0.1, -0.05) is 86.0 Å². The summed E-state index contributed by atoms with van der Waals surface area (Å²) < 4.78 is 1.02. The molecule has 8 aliphatic carbocycles. The van der Waals surface area contributed by atoms with Crippen LogP contribution < -0.4 is 0 Å². The van der Waals surface area contributed by atoms with Crippen molar-refractivity contribution in [1.29, 1.82) is 0 Å². The number of amides is 1. The largest absolute Gasteiger partial charge is 0.390 e. The molecular weight excluding hydrogens is 917 g/mol. The van der Waals surface area contributed by atoms with Gasteiger partial charge in [0.15, 0.2) is 5.78 Å². The molecule has 0 heterocycles. The van der Waals surface area contributed by atoms with Gasteiger partial charge >= 0.3 is 0 Å². The van der Waals surface area contributed by atoms with E-state index in [0.717, 1.165) is 101 Å². The van der Waals surface area contributed by atoms with Crippen LogP contribution in [0.3, 0.4) is 0 Å². The topological polar surface area (TPSA) is 87.1 Å². The van der Waals surface area contributed by atoms with Gasteiger partial charge in [-0.2, -0.15) is 0 Å². The second kappa shape index (κ2) is 20.9. The lowest BCUT2D eigenvalue weighted by Gasteiger charge is -2.56. The zero-order valence-corrected chi connectivity index (χ0v) is 42.1. The van der Waals surface area contributed by atoms with Crippen molar-refractivity contribution in [2.45, 2.75) is 169 Å². The first-order chi connectivity index (χ1) is 29.8. The number of ketones is 1. The fourth-order valence-electron chi connectivity index (χ4n) is 16.6. The summed E-state index contributed by atoms with van der Waals surface area (Å²) in [4.78, 5) is 31.5. The van der Waals surface area contributed by atoms with Gasteiger partial charge in [0.2, 0.25) is 5.91 Å². The molecule has 2 aromatic carbocycles. The Kier molecular flexibility index (Phi) is 17.0. The highest BCUT2D eigenvalue weighted by molar-refractivity contribution is 9.10. The molecule has 8 saturated carbocycles. The van der Waals surface area contributed by atoms with E-state index in [1.165, 1.54) is 82.1 Å². The van der Waals surface area contributed by atoms with E-state index >= 15 is 0 Å². The summed E-state index contributed by atoms with van der Waals surface area (Å²) in [5, 5.41) is 24.0. The highest BCUT2D eigenvalue weighted by Crippen LogP contribution is 2.66. The molecular formula is C56H84BrCl2NO5. The Bertz CT molecular complexity index is 1940. The van der Waals surface area contributed by atoms with Gasteiger partial charge in [0.05, 0.1) is 18.3 Å². The van der Waals surface area contributed by atoms with E-state index in [1.54, 1.807) is 14.2 Å². The Hall–Kier alpha value is -1.48. The van der Waals surface area contributed by atoms with Crippen LogP contribution in [0, 0.1) is 81.8 Å². The van der Waals surface area contributed by atoms with E-state index in [4.69, 9.17) is 28.0 Å². The van der Waals surface area contributed by atoms with Crippen molar-refractivity contribution in [3.8, 4) is 0 Å². The molecule has 0 unspecified atom stereocenters. The third-order valence-electron chi connectivity index (χ3n) is 19.6. The molecule has 0 bridgehead atoms. The van der Waals surface area contributed by atoms with Gasteiger partial charge in [-0.25, -0.2) is 5.06 Å². The van der Waals surface area contributed by atoms with E-state index in [2.05, 4.69) is 29.8 Å². The van der Waals surface area contributed by atoms with Crippen molar-refractivity contribution in [3.63, 3.8) is 0 Å². The number of hydrogen-bond acceptors (Lipinski definition) is 5. The second-order valence-corrected chi connectivity index (χ2v) is 24.8. The summed E-state index contributed by atoms with van der Waals surface area (Å²) in [5.74, 6) is 8.46. The number of nitrogens with zero attached hydrogens (tertiary/aromatic N) is 1. The maximum atomic E-state index is 13.4. The Balaban J connectivity index is 0.000000180. The third-order valence-corrected chi connectivity index (χ3v) is 20.5. The maximum absolute atomic E-state index is 13.4. The number of Topliss-reactive ketones (excluding diaryl/α,β-unsaturated/α-hetero) is 1. The lowest BCUT2D eigenvalue weighted by molar-refractivity contribution is -0.180. The highest BCUT2D eigenvalue weighted by Gasteiger charge is 2.61. The van der Waals surface area contributed by atoms with Crippen molar-refractivity contribution in [3.05, 3.63) is 68.6 Å². The number of halogens is 3. The number of hydroxylamine groups is 2. The van der Waals surface area contributed by atoms with Crippen molar-refractivity contribution in [1.82, 2.24) is 5.06 Å². The SMILES string of the molecule is C.C.CON(C)C(=O)[C@H]1CC[C@H]2[C@@H]3CC[C@@H]4C[C@](C)(O)CC[C@@H]4[C@H]3CC[C@]12C.C[C@@]1(O)CC[C@H]2[C@H](CC[C@@H]3[C@@H]2CC[C@]2(C)[C@@H](C(=O)c4cccc(Cl)c4)CC[C@@H]32)C1.Clc1cccc(Br)c1. The molecule has 16 atom stereocenters. The molecule has 2 N–H and O–H groups in total. The summed E-state index contributed by atoms with van der Waals surface area (Å²) >= 11 is 15.1. The summed E-state index contributed by atoms with van der Waals surface area (Å²) in [6, 6.07) is 15.1. The van der Waals surface area contributed by atoms with Gasteiger partial charge in [0, 0.05) is 39.0 Å². The lowest BCUT2D eigenvalue weighted by Crippen LogP contribution is -2.51. The molecule has 6 nitrogen and oxygen atoms in total. The molecule has 65 heavy (non-hydrogen) atoms. The standard InChI is InChI=1S/C26H35ClO2.C22H37NO3.C6H4BrCl.2CH4/c1-25(29)12-10-19-17(15-25)6-7-21-20(19)11-13-26(2)22(21)8-9-23(26)24(28)16-4-3-5-18(27)14-16;1-21(25)11-9-15-14(13-21)5-6-17-16(15)10-12-22(2)18(17)7-8-19(22)20(24)23(3)26-4;7-5-2-1-3-6(8)4-5;;/h3-5,14,17,19-23,29H,6-13,15H2,1-2H3;14-19,25H,5-13H2,1-4H3;1-4H;2*1H4/t17-,19+,20-,21-,22+,23-,25-,26+;14-,15+,16-,17-,18+,19-,21-,22+;;;/m11.../s1. The number of benzene rings is 2. The van der Waals surface area contributed by atoms with E-state index < -0.39 is 11.2 Å². The number of hydrogen-bond donors (Lipinski definition) is 2. The molecule has 9 heteroatoms. The van der Waals surface area contributed by atoms with Crippen LogP contribution in [0.4, 0.5) is 0 Å². The summed E-state index contributed by atoms with van der Waals surface area (Å²) in [7, 11) is 3.34. The van der Waals surface area contributed by atoms with Crippen molar-refractivity contribution >= 4 is 50.8 Å². The van der Waals surface area contributed by atoms with Crippen LogP contribution in [0.2, 0.25) is 10.0 Å². The maximum Gasteiger partial charge on any atom is 0.249 e. The fourth-order valence-corrected chi connectivity index (χ4v) is 17.5. The molecule has 2 aromatic rings. The van der Waals surface area contributed by atoms with Crippen LogP contribution in [0.1, 0.15) is 168 Å². The molecule has 0 spiro atoms. The smallest absolute Gasteiger partial charge is 0.249 e. The number of rotatable bonds is 4. The molecule has 0 radical (unpaired) electrons. The average Bonchev–Trinajstić information content (AvgIpc) is 3.79. The van der Waals surface area contributed by atoms with E-state index in [1.807, 2.05) is 62.4 Å². The first-order valence-electron chi connectivity index (χ1n) is 24.8. The summed E-state index contributed by atoms with van der Waals surface area (Å²) in [6.45, 7) is 8.89. The quantitative estimate of drug-likeness (QED) is 0.235. The van der Waals surface area contributed by atoms with Crippen LogP contribution >= 0.6 is 39.1 Å². The predicted octanol–water partition coefficient (Wildman–Crippen LogP) is 14.9. The van der Waals surface area contributed by atoms with Gasteiger partial charge in [0.25, 0.3) is 0 Å². The highest BCUT2D eigenvalue weighted by atomic mass is 79.9.